The fraction of sp³-hybridized carbons (Fsp3) is 0.417. The van der Waals surface area contributed by atoms with Crippen LogP contribution < -0.4 is 10.2 Å². The summed E-state index contributed by atoms with van der Waals surface area (Å²) in [6, 6.07) is 14.2. The molecule has 0 aliphatic rings. The lowest BCUT2D eigenvalue weighted by atomic mass is 10.1. The van der Waals surface area contributed by atoms with Gasteiger partial charge in [0.05, 0.1) is 30.2 Å². The first-order chi connectivity index (χ1) is 14.5. The fourth-order valence-electron chi connectivity index (χ4n) is 3.60. The Morgan fingerprint density at radius 2 is 1.93 bits per heavy atom. The molecule has 0 spiro atoms. The van der Waals surface area contributed by atoms with Crippen molar-refractivity contribution < 1.29 is 9.69 Å². The Kier molecular flexibility index (Phi) is 7.82. The molecule has 0 bridgehead atoms. The molecule has 0 aliphatic carbocycles. The Morgan fingerprint density at radius 1 is 1.20 bits per heavy atom. The van der Waals surface area contributed by atoms with Crippen molar-refractivity contribution in [2.24, 2.45) is 0 Å². The number of thiophene rings is 1. The maximum absolute atomic E-state index is 13.1. The van der Waals surface area contributed by atoms with E-state index in [1.54, 1.807) is 20.9 Å². The maximum atomic E-state index is 13.1. The van der Waals surface area contributed by atoms with E-state index >= 15 is 0 Å². The van der Waals surface area contributed by atoms with Crippen molar-refractivity contribution in [2.75, 3.05) is 19.6 Å². The molecular formula is C24H33N4OS+. The smallest absolute Gasteiger partial charge is 0.270 e. The number of nitrogens with one attached hydrogen (secondary N) is 2. The zero-order valence-corrected chi connectivity index (χ0v) is 19.3. The number of amides is 1. The van der Waals surface area contributed by atoms with Crippen molar-refractivity contribution in [3.63, 3.8) is 0 Å². The van der Waals surface area contributed by atoms with E-state index in [1.807, 2.05) is 47.8 Å². The normalized spacial score (nSPS) is 12.3. The molecule has 1 atom stereocenters. The number of carbonyl (C=O) groups is 1. The van der Waals surface area contributed by atoms with Gasteiger partial charge in [-0.1, -0.05) is 23.8 Å². The first-order valence-electron chi connectivity index (χ1n) is 10.9. The molecule has 0 unspecified atom stereocenters. The van der Waals surface area contributed by atoms with Gasteiger partial charge in [0.2, 0.25) is 0 Å². The third-order valence-electron chi connectivity index (χ3n) is 5.54. The molecule has 160 valence electrons. The number of hydrogen-bond acceptors (Lipinski definition) is 3. The van der Waals surface area contributed by atoms with Crippen LogP contribution in [0.15, 0.2) is 47.8 Å². The highest BCUT2D eigenvalue weighted by atomic mass is 32.1. The summed E-state index contributed by atoms with van der Waals surface area (Å²) in [5.41, 5.74) is 3.47. The average molecular weight is 426 g/mol. The van der Waals surface area contributed by atoms with Crippen LogP contribution in [0.25, 0.3) is 16.3 Å². The molecule has 1 amide bonds. The Hall–Kier alpha value is -2.44. The van der Waals surface area contributed by atoms with E-state index in [0.29, 0.717) is 5.69 Å². The molecule has 2 heterocycles. The summed E-state index contributed by atoms with van der Waals surface area (Å²) in [7, 11) is 0. The first kappa shape index (κ1) is 22.2. The van der Waals surface area contributed by atoms with E-state index < -0.39 is 0 Å². The van der Waals surface area contributed by atoms with Crippen LogP contribution in [-0.2, 0) is 0 Å². The van der Waals surface area contributed by atoms with Crippen molar-refractivity contribution in [3.05, 3.63) is 59.1 Å². The molecule has 0 fully saturated rings. The zero-order valence-electron chi connectivity index (χ0n) is 18.4. The summed E-state index contributed by atoms with van der Waals surface area (Å²) in [4.78, 5) is 15.8. The van der Waals surface area contributed by atoms with Gasteiger partial charge in [-0.15, -0.1) is 11.3 Å². The van der Waals surface area contributed by atoms with Crippen LogP contribution in [0.5, 0.6) is 0 Å². The molecule has 3 rings (SSSR count). The number of benzene rings is 1. The Bertz CT molecular complexity index is 927. The number of hydrogen-bond donors (Lipinski definition) is 2. The predicted molar refractivity (Wildman–Crippen MR) is 125 cm³/mol. The molecule has 0 saturated heterocycles. The van der Waals surface area contributed by atoms with Crippen LogP contribution in [0.1, 0.15) is 49.7 Å². The summed E-state index contributed by atoms with van der Waals surface area (Å²) < 4.78 is 1.76. The van der Waals surface area contributed by atoms with Gasteiger partial charge in [0.15, 0.2) is 0 Å². The van der Waals surface area contributed by atoms with Crippen LogP contribution in [0.3, 0.4) is 0 Å². The summed E-state index contributed by atoms with van der Waals surface area (Å²) in [6.07, 6.45) is 2.09. The quantitative estimate of drug-likeness (QED) is 0.520. The standard InChI is InChI=1S/C24H32N4OS/c1-5-27(6-2)15-7-9-19(4)25-24(29)22-17-21(23-10-8-16-30-23)26-28(22)20-13-11-18(3)12-14-20/h8,10-14,16-17,19H,5-7,9,15H2,1-4H3,(H,25,29)/p+1/t19-/m1/s1. The molecule has 0 aliphatic heterocycles. The Labute approximate surface area is 183 Å². The summed E-state index contributed by atoms with van der Waals surface area (Å²) in [5.74, 6) is -0.0754. The molecule has 2 aromatic heterocycles. The molecule has 2 N–H and O–H groups in total. The third-order valence-corrected chi connectivity index (χ3v) is 6.43. The second-order valence-electron chi connectivity index (χ2n) is 7.86. The van der Waals surface area contributed by atoms with Gasteiger partial charge in [0.1, 0.15) is 11.4 Å². The van der Waals surface area contributed by atoms with Crippen molar-refractivity contribution in [2.45, 2.75) is 46.6 Å². The molecule has 30 heavy (non-hydrogen) atoms. The highest BCUT2D eigenvalue weighted by Crippen LogP contribution is 2.26. The van der Waals surface area contributed by atoms with Crippen molar-refractivity contribution >= 4 is 17.2 Å². The van der Waals surface area contributed by atoms with E-state index in [0.717, 1.165) is 48.7 Å². The van der Waals surface area contributed by atoms with E-state index in [1.165, 1.54) is 5.56 Å². The van der Waals surface area contributed by atoms with Crippen LogP contribution >= 0.6 is 11.3 Å². The molecule has 6 heteroatoms. The maximum Gasteiger partial charge on any atom is 0.270 e. The summed E-state index contributed by atoms with van der Waals surface area (Å²) >= 11 is 1.63. The highest BCUT2D eigenvalue weighted by Gasteiger charge is 2.19. The second-order valence-corrected chi connectivity index (χ2v) is 8.81. The van der Waals surface area contributed by atoms with Crippen LogP contribution in [-0.4, -0.2) is 41.4 Å². The number of quaternary nitrogens is 1. The van der Waals surface area contributed by atoms with Gasteiger partial charge in [0.25, 0.3) is 5.91 Å². The lowest BCUT2D eigenvalue weighted by molar-refractivity contribution is -0.896. The number of aryl methyl sites for hydroxylation is 1. The minimum absolute atomic E-state index is 0.0754. The molecule has 5 nitrogen and oxygen atoms in total. The minimum Gasteiger partial charge on any atom is -0.348 e. The number of nitrogens with zero attached hydrogens (tertiary/aromatic N) is 2. The first-order valence-corrected chi connectivity index (χ1v) is 11.7. The molecule has 0 radical (unpaired) electrons. The topological polar surface area (TPSA) is 51.4 Å². The largest absolute Gasteiger partial charge is 0.348 e. The van der Waals surface area contributed by atoms with Gasteiger partial charge >= 0.3 is 0 Å². The average Bonchev–Trinajstić information content (AvgIpc) is 3.41. The molecule has 0 saturated carbocycles. The minimum atomic E-state index is -0.0754. The van der Waals surface area contributed by atoms with Crippen molar-refractivity contribution in [1.82, 2.24) is 15.1 Å². The molecule has 3 aromatic rings. The van der Waals surface area contributed by atoms with Crippen molar-refractivity contribution in [1.29, 1.82) is 0 Å². The van der Waals surface area contributed by atoms with Gasteiger partial charge in [-0.3, -0.25) is 4.79 Å². The van der Waals surface area contributed by atoms with Gasteiger partial charge in [-0.05, 0) is 70.2 Å². The van der Waals surface area contributed by atoms with Crippen molar-refractivity contribution in [3.8, 4) is 16.3 Å². The SMILES string of the molecule is CC[NH+](CC)CCC[C@@H](C)NC(=O)c1cc(-c2cccs2)nn1-c1ccc(C)cc1. The number of rotatable bonds is 10. The molecule has 1 aromatic carbocycles. The Morgan fingerprint density at radius 3 is 2.57 bits per heavy atom. The van der Waals surface area contributed by atoms with Gasteiger partial charge in [-0.25, -0.2) is 4.68 Å². The van der Waals surface area contributed by atoms with Crippen LogP contribution in [0.2, 0.25) is 0 Å². The number of aromatic nitrogens is 2. The van der Waals surface area contributed by atoms with E-state index in [9.17, 15) is 4.79 Å². The monoisotopic (exact) mass is 425 g/mol. The van der Waals surface area contributed by atoms with Gasteiger partial charge in [0, 0.05) is 6.04 Å². The van der Waals surface area contributed by atoms with Gasteiger partial charge in [-0.2, -0.15) is 5.10 Å². The Balaban J connectivity index is 1.76. The van der Waals surface area contributed by atoms with Gasteiger partial charge < -0.3 is 10.2 Å². The van der Waals surface area contributed by atoms with Crippen LogP contribution in [0, 0.1) is 6.92 Å². The zero-order chi connectivity index (χ0) is 21.5. The lowest BCUT2D eigenvalue weighted by Gasteiger charge is -2.18. The van der Waals surface area contributed by atoms with Crippen LogP contribution in [0.4, 0.5) is 0 Å². The summed E-state index contributed by atoms with van der Waals surface area (Å²) in [6.45, 7) is 12.0. The summed E-state index contributed by atoms with van der Waals surface area (Å²) in [5, 5.41) is 9.96. The number of carbonyl (C=O) groups excluding carboxylic acids is 1. The van der Waals surface area contributed by atoms with E-state index in [4.69, 9.17) is 5.10 Å². The fourth-order valence-corrected chi connectivity index (χ4v) is 4.28. The second kappa shape index (κ2) is 10.5. The van der Waals surface area contributed by atoms with E-state index in [-0.39, 0.29) is 11.9 Å². The molecular weight excluding hydrogens is 392 g/mol. The predicted octanol–water partition coefficient (Wildman–Crippen LogP) is 3.73. The lowest BCUT2D eigenvalue weighted by Crippen LogP contribution is -3.11. The van der Waals surface area contributed by atoms with E-state index in [2.05, 4.69) is 33.0 Å². The third kappa shape index (κ3) is 5.58. The highest BCUT2D eigenvalue weighted by molar-refractivity contribution is 7.13.